The summed E-state index contributed by atoms with van der Waals surface area (Å²) in [5.74, 6) is 0.817. The van der Waals surface area contributed by atoms with E-state index in [1.54, 1.807) is 0 Å². The van der Waals surface area contributed by atoms with Crippen LogP contribution in [0.3, 0.4) is 0 Å². The van der Waals surface area contributed by atoms with E-state index in [-0.39, 0.29) is 11.5 Å². The second kappa shape index (κ2) is 5.57. The van der Waals surface area contributed by atoms with Crippen molar-refractivity contribution in [3.8, 4) is 0 Å². The Morgan fingerprint density at radius 1 is 1.39 bits per heavy atom. The molecule has 1 heterocycles. The molecule has 4 nitrogen and oxygen atoms in total. The predicted molar refractivity (Wildman–Crippen MR) is 71.2 cm³/mol. The van der Waals surface area contributed by atoms with Gasteiger partial charge in [-0.2, -0.15) is 0 Å². The Hall–Kier alpha value is -0.610. The van der Waals surface area contributed by atoms with Gasteiger partial charge in [-0.3, -0.25) is 4.79 Å². The first kappa shape index (κ1) is 13.8. The third-order valence-electron chi connectivity index (χ3n) is 4.78. The fourth-order valence-electron chi connectivity index (χ4n) is 3.35. The van der Waals surface area contributed by atoms with Crippen LogP contribution in [0, 0.1) is 11.3 Å². The molecule has 2 rings (SSSR count). The minimum Gasteiger partial charge on any atom is -0.393 e. The highest BCUT2D eigenvalue weighted by Gasteiger charge is 2.40. The van der Waals surface area contributed by atoms with Gasteiger partial charge >= 0.3 is 0 Å². The lowest BCUT2D eigenvalue weighted by Gasteiger charge is -2.41. The topological polar surface area (TPSA) is 52.6 Å². The summed E-state index contributed by atoms with van der Waals surface area (Å²) in [7, 11) is 1.92. The molecule has 104 valence electrons. The van der Waals surface area contributed by atoms with Crippen molar-refractivity contribution < 1.29 is 9.90 Å². The zero-order valence-corrected chi connectivity index (χ0v) is 11.6. The molecular formula is C14H26N2O2. The molecular weight excluding hydrogens is 228 g/mol. The van der Waals surface area contributed by atoms with Gasteiger partial charge in [-0.1, -0.05) is 6.92 Å². The maximum atomic E-state index is 12.6. The lowest BCUT2D eigenvalue weighted by molar-refractivity contribution is -0.144. The van der Waals surface area contributed by atoms with Crippen molar-refractivity contribution in [2.75, 3.05) is 26.7 Å². The molecule has 0 bridgehead atoms. The molecule has 0 aromatic rings. The van der Waals surface area contributed by atoms with E-state index in [1.807, 2.05) is 11.9 Å². The van der Waals surface area contributed by atoms with E-state index in [9.17, 15) is 9.90 Å². The van der Waals surface area contributed by atoms with Gasteiger partial charge in [0, 0.05) is 13.6 Å². The van der Waals surface area contributed by atoms with Gasteiger partial charge in [0.25, 0.3) is 0 Å². The van der Waals surface area contributed by atoms with Gasteiger partial charge in [0.15, 0.2) is 0 Å². The van der Waals surface area contributed by atoms with Gasteiger partial charge in [-0.05, 0) is 51.1 Å². The maximum Gasteiger partial charge on any atom is 0.228 e. The van der Waals surface area contributed by atoms with E-state index in [0.29, 0.717) is 11.8 Å². The van der Waals surface area contributed by atoms with Crippen LogP contribution in [0.15, 0.2) is 0 Å². The van der Waals surface area contributed by atoms with Crippen molar-refractivity contribution in [2.45, 2.75) is 45.1 Å². The number of hydrogen-bond donors (Lipinski definition) is 2. The molecule has 18 heavy (non-hydrogen) atoms. The molecule has 0 unspecified atom stereocenters. The number of carbonyl (C=O) groups excluding carboxylic acids is 1. The standard InChI is InChI=1S/C14H26N2O2/c1-3-14(4-6-15-7-5-14)13(18)16(2)10-11-8-12(17)9-11/h11-12,15,17H,3-10H2,1-2H3. The number of nitrogens with zero attached hydrogens (tertiary/aromatic N) is 1. The smallest absolute Gasteiger partial charge is 0.228 e. The van der Waals surface area contributed by atoms with Crippen molar-refractivity contribution >= 4 is 5.91 Å². The maximum absolute atomic E-state index is 12.6. The van der Waals surface area contributed by atoms with E-state index in [1.165, 1.54) is 0 Å². The molecule has 0 atom stereocenters. The summed E-state index contributed by atoms with van der Waals surface area (Å²) in [4.78, 5) is 14.6. The molecule has 1 aliphatic carbocycles. The van der Waals surface area contributed by atoms with Crippen LogP contribution in [0.2, 0.25) is 0 Å². The van der Waals surface area contributed by atoms with Crippen molar-refractivity contribution in [1.29, 1.82) is 0 Å². The van der Waals surface area contributed by atoms with Crippen molar-refractivity contribution in [2.24, 2.45) is 11.3 Å². The first-order chi connectivity index (χ1) is 8.57. The van der Waals surface area contributed by atoms with Crippen LogP contribution in [0.4, 0.5) is 0 Å². The van der Waals surface area contributed by atoms with Crippen LogP contribution in [-0.2, 0) is 4.79 Å². The third-order valence-corrected chi connectivity index (χ3v) is 4.78. The van der Waals surface area contributed by atoms with Crippen LogP contribution < -0.4 is 5.32 Å². The number of carbonyl (C=O) groups is 1. The van der Waals surface area contributed by atoms with E-state index >= 15 is 0 Å². The molecule has 2 aliphatic rings. The molecule has 0 spiro atoms. The molecule has 1 amide bonds. The summed E-state index contributed by atoms with van der Waals surface area (Å²) < 4.78 is 0. The van der Waals surface area contributed by atoms with Crippen LogP contribution in [-0.4, -0.2) is 48.7 Å². The van der Waals surface area contributed by atoms with Crippen molar-refractivity contribution in [3.05, 3.63) is 0 Å². The lowest BCUT2D eigenvalue weighted by atomic mass is 9.75. The number of nitrogens with one attached hydrogen (secondary N) is 1. The van der Waals surface area contributed by atoms with Gasteiger partial charge in [-0.15, -0.1) is 0 Å². The Labute approximate surface area is 110 Å². The largest absolute Gasteiger partial charge is 0.393 e. The van der Waals surface area contributed by atoms with E-state index in [0.717, 1.165) is 51.7 Å². The van der Waals surface area contributed by atoms with Crippen LogP contribution >= 0.6 is 0 Å². The Morgan fingerprint density at radius 3 is 2.50 bits per heavy atom. The average molecular weight is 254 g/mol. The van der Waals surface area contributed by atoms with Gasteiger partial charge < -0.3 is 15.3 Å². The number of rotatable bonds is 4. The molecule has 2 fully saturated rings. The van der Waals surface area contributed by atoms with E-state index in [4.69, 9.17) is 0 Å². The normalized spacial score (nSPS) is 30.6. The second-order valence-corrected chi connectivity index (χ2v) is 6.06. The molecule has 1 saturated heterocycles. The van der Waals surface area contributed by atoms with Gasteiger partial charge in [0.2, 0.25) is 5.91 Å². The molecule has 1 aliphatic heterocycles. The van der Waals surface area contributed by atoms with Gasteiger partial charge in [-0.25, -0.2) is 0 Å². The average Bonchev–Trinajstić information content (AvgIpc) is 2.36. The molecule has 2 N–H and O–H groups in total. The number of amides is 1. The van der Waals surface area contributed by atoms with Gasteiger partial charge in [0.1, 0.15) is 0 Å². The molecule has 0 aromatic carbocycles. The van der Waals surface area contributed by atoms with Crippen LogP contribution in [0.1, 0.15) is 39.0 Å². The molecule has 0 aromatic heterocycles. The highest BCUT2D eigenvalue weighted by atomic mass is 16.3. The summed E-state index contributed by atoms with van der Waals surface area (Å²) in [6, 6.07) is 0. The Bertz CT molecular complexity index is 294. The number of aliphatic hydroxyl groups is 1. The zero-order valence-electron chi connectivity index (χ0n) is 11.6. The predicted octanol–water partition coefficient (Wildman–Crippen LogP) is 0.995. The SMILES string of the molecule is CCC1(C(=O)N(C)CC2CC(O)C2)CCNCC1. The molecule has 4 heteroatoms. The Morgan fingerprint density at radius 2 is 2.00 bits per heavy atom. The fraction of sp³-hybridized carbons (Fsp3) is 0.929. The quantitative estimate of drug-likeness (QED) is 0.787. The highest BCUT2D eigenvalue weighted by molar-refractivity contribution is 5.82. The van der Waals surface area contributed by atoms with Gasteiger partial charge in [0.05, 0.1) is 11.5 Å². The van der Waals surface area contributed by atoms with Crippen LogP contribution in [0.5, 0.6) is 0 Å². The number of hydrogen-bond acceptors (Lipinski definition) is 3. The Balaban J connectivity index is 1.91. The molecule has 1 saturated carbocycles. The summed E-state index contributed by atoms with van der Waals surface area (Å²) >= 11 is 0. The first-order valence-corrected chi connectivity index (χ1v) is 7.22. The van der Waals surface area contributed by atoms with E-state index in [2.05, 4.69) is 12.2 Å². The van der Waals surface area contributed by atoms with Crippen LogP contribution in [0.25, 0.3) is 0 Å². The summed E-state index contributed by atoms with van der Waals surface area (Å²) in [5.41, 5.74) is -0.137. The second-order valence-electron chi connectivity index (χ2n) is 6.06. The zero-order chi connectivity index (χ0) is 13.2. The fourth-order valence-corrected chi connectivity index (χ4v) is 3.35. The summed E-state index contributed by atoms with van der Waals surface area (Å²) in [6.45, 7) is 4.85. The van der Waals surface area contributed by atoms with E-state index < -0.39 is 0 Å². The molecule has 0 radical (unpaired) electrons. The number of piperidine rings is 1. The van der Waals surface area contributed by atoms with Crippen molar-refractivity contribution in [1.82, 2.24) is 10.2 Å². The lowest BCUT2D eigenvalue weighted by Crippen LogP contribution is -2.50. The third kappa shape index (κ3) is 2.69. The van der Waals surface area contributed by atoms with Crippen molar-refractivity contribution in [3.63, 3.8) is 0 Å². The Kier molecular flexibility index (Phi) is 4.28. The number of aliphatic hydroxyl groups excluding tert-OH is 1. The minimum atomic E-state index is -0.137. The highest BCUT2D eigenvalue weighted by Crippen LogP contribution is 2.35. The summed E-state index contributed by atoms with van der Waals surface area (Å²) in [5, 5.41) is 12.6. The monoisotopic (exact) mass is 254 g/mol. The minimum absolute atomic E-state index is 0.127. The summed E-state index contributed by atoms with van der Waals surface area (Å²) in [6.07, 6.45) is 4.44. The first-order valence-electron chi connectivity index (χ1n) is 7.22.